The zero-order chi connectivity index (χ0) is 15.0. The van der Waals surface area contributed by atoms with Crippen LogP contribution in [0.1, 0.15) is 18.5 Å². The highest BCUT2D eigenvalue weighted by molar-refractivity contribution is 6.33. The van der Waals surface area contributed by atoms with E-state index in [0.717, 1.165) is 54.7 Å². The maximum absolute atomic E-state index is 12.0. The van der Waals surface area contributed by atoms with Crippen LogP contribution in [0.15, 0.2) is 12.1 Å². The van der Waals surface area contributed by atoms with Gasteiger partial charge in [0, 0.05) is 37.4 Å². The maximum Gasteiger partial charge on any atom is 0.246 e. The van der Waals surface area contributed by atoms with E-state index in [1.165, 1.54) is 0 Å². The lowest BCUT2D eigenvalue weighted by molar-refractivity contribution is -0.117. The van der Waals surface area contributed by atoms with Crippen LogP contribution >= 0.6 is 11.6 Å². The van der Waals surface area contributed by atoms with Crippen LogP contribution in [0.5, 0.6) is 0 Å². The van der Waals surface area contributed by atoms with Gasteiger partial charge in [0.15, 0.2) is 0 Å². The van der Waals surface area contributed by atoms with Crippen LogP contribution in [0.2, 0.25) is 5.02 Å². The molecule has 2 N–H and O–H groups in total. The number of fused-ring (bicyclic) bond motifs is 1. The predicted octanol–water partition coefficient (Wildman–Crippen LogP) is 1.69. The Morgan fingerprint density at radius 3 is 2.71 bits per heavy atom. The molecule has 0 aromatic heterocycles. The van der Waals surface area contributed by atoms with Crippen LogP contribution < -0.4 is 15.5 Å². The third-order valence-electron chi connectivity index (χ3n) is 4.20. The van der Waals surface area contributed by atoms with Crippen LogP contribution in [-0.2, 0) is 4.79 Å². The molecule has 3 rings (SSSR count). The molecule has 5 nitrogen and oxygen atoms in total. The number of carbonyl (C=O) groups is 1. The zero-order valence-electron chi connectivity index (χ0n) is 12.4. The molecular formula is C15H21ClN4O. The van der Waals surface area contributed by atoms with Crippen LogP contribution in [-0.4, -0.2) is 50.6 Å². The van der Waals surface area contributed by atoms with Crippen molar-refractivity contribution in [2.24, 2.45) is 0 Å². The number of rotatable bonds is 3. The average Bonchev–Trinajstić information content (AvgIpc) is 2.76. The molecule has 0 aliphatic carbocycles. The Bertz CT molecular complexity index is 555. The summed E-state index contributed by atoms with van der Waals surface area (Å²) in [4.78, 5) is 16.6. The van der Waals surface area contributed by atoms with Crippen molar-refractivity contribution in [2.75, 3.05) is 50.0 Å². The van der Waals surface area contributed by atoms with Crippen LogP contribution in [0, 0.1) is 0 Å². The number of nitrogens with zero attached hydrogens (tertiary/aromatic N) is 2. The van der Waals surface area contributed by atoms with Crippen molar-refractivity contribution < 1.29 is 4.79 Å². The van der Waals surface area contributed by atoms with E-state index < -0.39 is 0 Å². The van der Waals surface area contributed by atoms with Crippen molar-refractivity contribution in [3.05, 3.63) is 22.7 Å². The Morgan fingerprint density at radius 2 is 2.05 bits per heavy atom. The largest absolute Gasteiger partial charge is 0.368 e. The monoisotopic (exact) mass is 308 g/mol. The normalized spacial score (nSPS) is 22.3. The highest BCUT2D eigenvalue weighted by Gasteiger charge is 2.31. The lowest BCUT2D eigenvalue weighted by Gasteiger charge is -2.34. The number of anilines is 2. The molecule has 2 heterocycles. The first-order valence-corrected chi connectivity index (χ1v) is 7.79. The summed E-state index contributed by atoms with van der Waals surface area (Å²) < 4.78 is 0. The zero-order valence-corrected chi connectivity index (χ0v) is 13.2. The molecule has 1 amide bonds. The number of hydrogen-bond donors (Lipinski definition) is 2. The predicted molar refractivity (Wildman–Crippen MR) is 86.2 cm³/mol. The van der Waals surface area contributed by atoms with E-state index in [1.54, 1.807) is 0 Å². The topological polar surface area (TPSA) is 47.6 Å². The summed E-state index contributed by atoms with van der Waals surface area (Å²) in [6.45, 7) is 6.71. The van der Waals surface area contributed by atoms with Gasteiger partial charge in [-0.15, -0.1) is 0 Å². The van der Waals surface area contributed by atoms with E-state index in [0.29, 0.717) is 0 Å². The fraction of sp³-hybridized carbons (Fsp3) is 0.533. The van der Waals surface area contributed by atoms with E-state index in [2.05, 4.69) is 27.5 Å². The number of carbonyl (C=O) groups excluding carboxylic acids is 1. The number of piperazine rings is 1. The van der Waals surface area contributed by atoms with Crippen molar-refractivity contribution in [3.63, 3.8) is 0 Å². The maximum atomic E-state index is 12.0. The smallest absolute Gasteiger partial charge is 0.246 e. The van der Waals surface area contributed by atoms with Gasteiger partial charge in [0.05, 0.1) is 10.7 Å². The second kappa shape index (κ2) is 5.83. The van der Waals surface area contributed by atoms with Crippen molar-refractivity contribution in [1.82, 2.24) is 10.2 Å². The van der Waals surface area contributed by atoms with Gasteiger partial charge in [0.2, 0.25) is 5.91 Å². The number of halogens is 1. The summed E-state index contributed by atoms with van der Waals surface area (Å²) in [7, 11) is 2.13. The summed E-state index contributed by atoms with van der Waals surface area (Å²) in [6, 6.07) is 3.65. The molecule has 2 aliphatic heterocycles. The minimum absolute atomic E-state index is 0.00144. The Balaban J connectivity index is 1.89. The molecule has 1 unspecified atom stereocenters. The first-order chi connectivity index (χ1) is 10.1. The summed E-state index contributed by atoms with van der Waals surface area (Å²) in [5.74, 6) is -0.00144. The minimum Gasteiger partial charge on any atom is -0.368 e. The van der Waals surface area contributed by atoms with Gasteiger partial charge in [0.25, 0.3) is 0 Å². The lowest BCUT2D eigenvalue weighted by atomic mass is 10.1. The van der Waals surface area contributed by atoms with Crippen molar-refractivity contribution >= 4 is 28.9 Å². The SMILES string of the molecule is CCNC1C(=O)Nc2cc(N3CCN(C)CC3)c(Cl)cc21. The number of likely N-dealkylation sites (N-methyl/N-ethyl adjacent to an activating group) is 2. The van der Waals surface area contributed by atoms with Crippen LogP contribution in [0.4, 0.5) is 11.4 Å². The van der Waals surface area contributed by atoms with Gasteiger partial charge in [-0.3, -0.25) is 4.79 Å². The molecule has 0 spiro atoms. The summed E-state index contributed by atoms with van der Waals surface area (Å²) >= 11 is 6.47. The van der Waals surface area contributed by atoms with E-state index >= 15 is 0 Å². The summed E-state index contributed by atoms with van der Waals surface area (Å²) in [5.41, 5.74) is 2.84. The van der Waals surface area contributed by atoms with Gasteiger partial charge in [-0.05, 0) is 25.7 Å². The van der Waals surface area contributed by atoms with Gasteiger partial charge >= 0.3 is 0 Å². The van der Waals surface area contributed by atoms with Crippen LogP contribution in [0.3, 0.4) is 0 Å². The molecule has 1 aromatic carbocycles. The van der Waals surface area contributed by atoms with Gasteiger partial charge < -0.3 is 20.4 Å². The summed E-state index contributed by atoms with van der Waals surface area (Å²) in [6.07, 6.45) is 0. The van der Waals surface area contributed by atoms with E-state index in [-0.39, 0.29) is 11.9 Å². The molecule has 0 radical (unpaired) electrons. The Hall–Kier alpha value is -1.30. The second-order valence-corrected chi connectivity index (χ2v) is 6.07. The number of amides is 1. The quantitative estimate of drug-likeness (QED) is 0.892. The van der Waals surface area contributed by atoms with E-state index in [4.69, 9.17) is 11.6 Å². The molecule has 2 aliphatic rings. The molecule has 1 atom stereocenters. The fourth-order valence-electron chi connectivity index (χ4n) is 2.97. The summed E-state index contributed by atoms with van der Waals surface area (Å²) in [5, 5.41) is 6.86. The highest BCUT2D eigenvalue weighted by Crippen LogP contribution is 2.39. The first kappa shape index (κ1) is 14.6. The van der Waals surface area contributed by atoms with Crippen molar-refractivity contribution in [2.45, 2.75) is 13.0 Å². The molecule has 114 valence electrons. The second-order valence-electron chi connectivity index (χ2n) is 5.66. The van der Waals surface area contributed by atoms with E-state index in [1.807, 2.05) is 19.1 Å². The Morgan fingerprint density at radius 1 is 1.33 bits per heavy atom. The number of benzene rings is 1. The van der Waals surface area contributed by atoms with Gasteiger partial charge in [-0.1, -0.05) is 18.5 Å². The third kappa shape index (κ3) is 2.73. The molecule has 0 saturated carbocycles. The number of nitrogens with one attached hydrogen (secondary N) is 2. The van der Waals surface area contributed by atoms with Crippen LogP contribution in [0.25, 0.3) is 0 Å². The highest BCUT2D eigenvalue weighted by atomic mass is 35.5. The Kier molecular flexibility index (Phi) is 4.06. The average molecular weight is 309 g/mol. The third-order valence-corrected chi connectivity index (χ3v) is 4.50. The van der Waals surface area contributed by atoms with E-state index in [9.17, 15) is 4.79 Å². The molecule has 1 saturated heterocycles. The van der Waals surface area contributed by atoms with Crippen molar-refractivity contribution in [1.29, 1.82) is 0 Å². The molecule has 1 aromatic rings. The molecule has 0 bridgehead atoms. The lowest BCUT2D eigenvalue weighted by Crippen LogP contribution is -2.44. The van der Waals surface area contributed by atoms with Crippen molar-refractivity contribution in [3.8, 4) is 0 Å². The van der Waals surface area contributed by atoms with Gasteiger partial charge in [-0.2, -0.15) is 0 Å². The molecule has 21 heavy (non-hydrogen) atoms. The standard InChI is InChI=1S/C15H21ClN4O/c1-3-17-14-10-8-11(16)13(9-12(10)18-15(14)21)20-6-4-19(2)5-7-20/h8-9,14,17H,3-7H2,1-2H3,(H,18,21). The number of hydrogen-bond acceptors (Lipinski definition) is 4. The molecule has 1 fully saturated rings. The minimum atomic E-state index is -0.288. The molecular weight excluding hydrogens is 288 g/mol. The van der Waals surface area contributed by atoms with Gasteiger partial charge in [0.1, 0.15) is 6.04 Å². The first-order valence-electron chi connectivity index (χ1n) is 7.41. The molecule has 6 heteroatoms. The Labute approximate surface area is 130 Å². The van der Waals surface area contributed by atoms with Gasteiger partial charge in [-0.25, -0.2) is 0 Å². The fourth-order valence-corrected chi connectivity index (χ4v) is 3.26.